The van der Waals surface area contributed by atoms with Crippen molar-refractivity contribution in [1.82, 2.24) is 0 Å². The van der Waals surface area contributed by atoms with Crippen LogP contribution >= 0.6 is 0 Å². The smallest absolute Gasteiger partial charge is 0.306 e. The summed E-state index contributed by atoms with van der Waals surface area (Å²) in [6.45, 7) is 6.56. The number of hydrogen-bond acceptors (Lipinski definition) is 6. The fraction of sp³-hybridized carbons (Fsp3) is 0.754. The minimum Gasteiger partial charge on any atom is -0.462 e. The molecule has 6 heteroatoms. The van der Waals surface area contributed by atoms with E-state index in [1.54, 1.807) is 0 Å². The average molecular weight is 936 g/mol. The van der Waals surface area contributed by atoms with Crippen LogP contribution in [0.3, 0.4) is 0 Å². The number of ether oxygens (including phenoxy) is 3. The van der Waals surface area contributed by atoms with Crippen LogP contribution in [-0.2, 0) is 28.6 Å². The van der Waals surface area contributed by atoms with Crippen LogP contribution in [0, 0.1) is 0 Å². The van der Waals surface area contributed by atoms with Crippen molar-refractivity contribution in [3.05, 3.63) is 72.9 Å². The quantitative estimate of drug-likeness (QED) is 0.0262. The molecule has 6 nitrogen and oxygen atoms in total. The lowest BCUT2D eigenvalue weighted by Crippen LogP contribution is -2.30. The van der Waals surface area contributed by atoms with Crippen molar-refractivity contribution in [2.45, 2.75) is 284 Å². The predicted molar refractivity (Wildman–Crippen MR) is 288 cm³/mol. The average Bonchev–Trinajstić information content (AvgIpc) is 3.33. The number of esters is 3. The minimum atomic E-state index is -0.803. The molecule has 0 saturated carbocycles. The van der Waals surface area contributed by atoms with Crippen molar-refractivity contribution < 1.29 is 28.6 Å². The number of hydrogen-bond donors (Lipinski definition) is 0. The molecule has 67 heavy (non-hydrogen) atoms. The lowest BCUT2D eigenvalue weighted by atomic mass is 10.1. The molecule has 0 spiro atoms. The fourth-order valence-corrected chi connectivity index (χ4v) is 7.84. The van der Waals surface area contributed by atoms with E-state index < -0.39 is 6.10 Å². The van der Waals surface area contributed by atoms with Gasteiger partial charge in [0.05, 0.1) is 0 Å². The van der Waals surface area contributed by atoms with Crippen LogP contribution in [0.4, 0.5) is 0 Å². The summed E-state index contributed by atoms with van der Waals surface area (Å²) in [5.41, 5.74) is 0. The van der Waals surface area contributed by atoms with E-state index in [0.29, 0.717) is 19.3 Å². The van der Waals surface area contributed by atoms with Gasteiger partial charge in [-0.1, -0.05) is 222 Å². The summed E-state index contributed by atoms with van der Waals surface area (Å²) in [5.74, 6) is -0.962. The predicted octanol–water partition coefficient (Wildman–Crippen LogP) is 19.0. The fourth-order valence-electron chi connectivity index (χ4n) is 7.84. The third-order valence-electron chi connectivity index (χ3n) is 12.2. The van der Waals surface area contributed by atoms with Crippen molar-refractivity contribution in [2.24, 2.45) is 0 Å². The first-order chi connectivity index (χ1) is 33.0. The van der Waals surface area contributed by atoms with Crippen LogP contribution in [0.15, 0.2) is 72.9 Å². The van der Waals surface area contributed by atoms with Crippen LogP contribution in [0.2, 0.25) is 0 Å². The van der Waals surface area contributed by atoms with Gasteiger partial charge in [-0.25, -0.2) is 0 Å². The van der Waals surface area contributed by atoms with Crippen LogP contribution < -0.4 is 0 Å². The molecule has 0 unspecified atom stereocenters. The monoisotopic (exact) mass is 935 g/mol. The molecule has 0 fully saturated rings. The van der Waals surface area contributed by atoms with E-state index >= 15 is 0 Å². The van der Waals surface area contributed by atoms with Crippen LogP contribution in [0.1, 0.15) is 278 Å². The summed E-state index contributed by atoms with van der Waals surface area (Å²) >= 11 is 0. The van der Waals surface area contributed by atoms with E-state index in [1.807, 2.05) is 0 Å². The van der Waals surface area contributed by atoms with Crippen molar-refractivity contribution >= 4 is 17.9 Å². The first-order valence-electron chi connectivity index (χ1n) is 28.4. The maximum absolute atomic E-state index is 12.8. The number of rotatable bonds is 51. The van der Waals surface area contributed by atoms with Gasteiger partial charge in [0.15, 0.2) is 6.10 Å². The Labute approximate surface area is 414 Å². The molecule has 0 aromatic rings. The minimum absolute atomic E-state index is 0.0981. The lowest BCUT2D eigenvalue weighted by molar-refractivity contribution is -0.167. The zero-order valence-electron chi connectivity index (χ0n) is 44.2. The van der Waals surface area contributed by atoms with Gasteiger partial charge < -0.3 is 14.2 Å². The van der Waals surface area contributed by atoms with E-state index in [2.05, 4.69) is 93.7 Å². The second-order valence-corrected chi connectivity index (χ2v) is 18.8. The maximum atomic E-state index is 12.8. The SMILES string of the molecule is CCCCC/C=C\C/C=C\CCCCCCCCCC(=O)OC[C@H](COC(=O)CCC/C=C\C/C=C\C/C=C\CCCCCCCC)OC(=O)CCCCCCC/C=C\CCCCCCCC. The first-order valence-corrected chi connectivity index (χ1v) is 28.4. The van der Waals surface area contributed by atoms with Gasteiger partial charge in [-0.2, -0.15) is 0 Å². The van der Waals surface area contributed by atoms with Gasteiger partial charge in [-0.3, -0.25) is 14.4 Å². The number of carbonyl (C=O) groups excluding carboxylic acids is 3. The number of allylic oxidation sites excluding steroid dienone is 12. The third kappa shape index (κ3) is 53.7. The first kappa shape index (κ1) is 63.8. The maximum Gasteiger partial charge on any atom is 0.306 e. The molecule has 0 saturated heterocycles. The molecule has 0 amide bonds. The van der Waals surface area contributed by atoms with E-state index in [9.17, 15) is 14.4 Å². The standard InChI is InChI=1S/C61H106O6/c1-4-7-10-13-16-19-22-25-28-30-33-35-38-41-44-47-50-53-59(62)65-56-58(67-61(64)55-52-49-46-43-40-37-32-27-24-21-18-15-12-9-6-3)57-66-60(63)54-51-48-45-42-39-36-34-31-29-26-23-20-17-14-11-8-5-2/h16,19,25-29,32,34,36,42,45,58H,4-15,17-18,20-24,30-31,33,35,37-41,43-44,46-57H2,1-3H3/b19-16-,28-25-,29-26-,32-27-,36-34-,45-42-/t58-/m1/s1. The van der Waals surface area contributed by atoms with E-state index in [-0.39, 0.29) is 37.5 Å². The second-order valence-electron chi connectivity index (χ2n) is 18.8. The molecular weight excluding hydrogens is 829 g/mol. The van der Waals surface area contributed by atoms with Gasteiger partial charge in [0.2, 0.25) is 0 Å². The molecule has 0 aromatic carbocycles. The summed E-state index contributed by atoms with van der Waals surface area (Å²) in [4.78, 5) is 38.1. The highest BCUT2D eigenvalue weighted by atomic mass is 16.6. The van der Waals surface area contributed by atoms with E-state index in [4.69, 9.17) is 14.2 Å². The van der Waals surface area contributed by atoms with E-state index in [0.717, 1.165) is 83.5 Å². The van der Waals surface area contributed by atoms with Gasteiger partial charge in [0, 0.05) is 19.3 Å². The summed E-state index contributed by atoms with van der Waals surface area (Å²) in [6, 6.07) is 0. The summed E-state index contributed by atoms with van der Waals surface area (Å²) in [6.07, 6.45) is 70.3. The molecule has 0 aromatic heterocycles. The lowest BCUT2D eigenvalue weighted by Gasteiger charge is -2.18. The zero-order chi connectivity index (χ0) is 48.6. The number of carbonyl (C=O) groups is 3. The van der Waals surface area contributed by atoms with Gasteiger partial charge in [0.25, 0.3) is 0 Å². The number of unbranched alkanes of at least 4 members (excludes halogenated alkanes) is 28. The van der Waals surface area contributed by atoms with Gasteiger partial charge >= 0.3 is 17.9 Å². The van der Waals surface area contributed by atoms with Crippen molar-refractivity contribution in [3.63, 3.8) is 0 Å². The molecule has 0 rings (SSSR count). The Morgan fingerprint density at radius 3 is 0.940 bits per heavy atom. The van der Waals surface area contributed by atoms with Crippen molar-refractivity contribution in [2.75, 3.05) is 13.2 Å². The molecule has 0 radical (unpaired) electrons. The normalized spacial score (nSPS) is 12.6. The second kappa shape index (κ2) is 55.4. The third-order valence-corrected chi connectivity index (χ3v) is 12.2. The Kier molecular flexibility index (Phi) is 52.8. The highest BCUT2D eigenvalue weighted by Gasteiger charge is 2.19. The molecular formula is C61H106O6. The van der Waals surface area contributed by atoms with Crippen molar-refractivity contribution in [3.8, 4) is 0 Å². The molecule has 0 aliphatic carbocycles. The van der Waals surface area contributed by atoms with Crippen molar-refractivity contribution in [1.29, 1.82) is 0 Å². The highest BCUT2D eigenvalue weighted by Crippen LogP contribution is 2.14. The molecule has 0 aliphatic heterocycles. The Balaban J connectivity index is 4.47. The largest absolute Gasteiger partial charge is 0.462 e. The topological polar surface area (TPSA) is 78.9 Å². The van der Waals surface area contributed by atoms with Gasteiger partial charge in [0.1, 0.15) is 13.2 Å². The molecule has 0 heterocycles. The van der Waals surface area contributed by atoms with E-state index in [1.165, 1.54) is 148 Å². The molecule has 1 atom stereocenters. The summed E-state index contributed by atoms with van der Waals surface area (Å²) < 4.78 is 16.8. The Bertz CT molecular complexity index is 1260. The molecule has 0 N–H and O–H groups in total. The molecule has 386 valence electrons. The zero-order valence-corrected chi connectivity index (χ0v) is 44.2. The Morgan fingerprint density at radius 2 is 0.552 bits per heavy atom. The summed E-state index contributed by atoms with van der Waals surface area (Å²) in [7, 11) is 0. The molecule has 0 bridgehead atoms. The Hall–Kier alpha value is -3.15. The van der Waals surface area contributed by atoms with Gasteiger partial charge in [-0.05, 0) is 109 Å². The van der Waals surface area contributed by atoms with Crippen LogP contribution in [-0.4, -0.2) is 37.2 Å². The summed E-state index contributed by atoms with van der Waals surface area (Å²) in [5, 5.41) is 0. The van der Waals surface area contributed by atoms with Crippen LogP contribution in [0.5, 0.6) is 0 Å². The Morgan fingerprint density at radius 1 is 0.299 bits per heavy atom. The van der Waals surface area contributed by atoms with Gasteiger partial charge in [-0.15, -0.1) is 0 Å². The molecule has 0 aliphatic rings. The van der Waals surface area contributed by atoms with Crippen LogP contribution in [0.25, 0.3) is 0 Å². The highest BCUT2D eigenvalue weighted by molar-refractivity contribution is 5.71.